The van der Waals surface area contributed by atoms with E-state index in [-0.39, 0.29) is 133 Å². The maximum atomic E-state index is 13.7. The van der Waals surface area contributed by atoms with Crippen molar-refractivity contribution in [1.82, 2.24) is 74.3 Å². The zero-order valence-electron chi connectivity index (χ0n) is 59.7. The van der Waals surface area contributed by atoms with Crippen LogP contribution in [0.3, 0.4) is 0 Å². The number of halogens is 11. The molecular formula is C71H105Cl6F5N20. The summed E-state index contributed by atoms with van der Waals surface area (Å²) in [5, 5.41) is 16.5. The number of nitrogens with one attached hydrogen (secondary N) is 5. The quantitative estimate of drug-likeness (QED) is 0.0651. The standard InChI is InChI=1S/5C14H20ClFN4.CH4.ClH/c5*1-14(2)7-9(6-10-4-3-5-20(10)14)18-12-11(16)8-17-13(15)19-12;;/h5*8-10H,3-7H2,1-2H3,(H,17,18,19);1H4;1H/t2*9-,10+;2*9-,10-;;;/m1010.../s1. The Morgan fingerprint density at radius 1 is 0.314 bits per heavy atom. The molecule has 15 heterocycles. The van der Waals surface area contributed by atoms with Crippen LogP contribution in [-0.4, -0.2) is 195 Å². The van der Waals surface area contributed by atoms with Crippen LogP contribution in [0.4, 0.5) is 51.0 Å². The van der Waals surface area contributed by atoms with Crippen LogP contribution in [0.2, 0.25) is 26.4 Å². The first-order valence-electron chi connectivity index (χ1n) is 35.8. The smallest absolute Gasteiger partial charge is 0.224 e. The molecular weight excluding hydrogens is 1440 g/mol. The molecule has 10 aliphatic rings. The van der Waals surface area contributed by atoms with E-state index in [0.29, 0.717) is 30.2 Å². The van der Waals surface area contributed by atoms with Gasteiger partial charge in [0.1, 0.15) is 0 Å². The van der Waals surface area contributed by atoms with Gasteiger partial charge in [0.2, 0.25) is 26.4 Å². The molecule has 0 aliphatic carbocycles. The molecule has 31 heteroatoms. The first-order chi connectivity index (χ1) is 47.3. The van der Waals surface area contributed by atoms with E-state index < -0.39 is 29.1 Å². The summed E-state index contributed by atoms with van der Waals surface area (Å²) in [6.45, 7) is 28.6. The number of hydrogen-bond acceptors (Lipinski definition) is 20. The van der Waals surface area contributed by atoms with E-state index >= 15 is 0 Å². The van der Waals surface area contributed by atoms with Crippen molar-refractivity contribution < 1.29 is 22.0 Å². The van der Waals surface area contributed by atoms with Crippen LogP contribution in [-0.2, 0) is 0 Å². The van der Waals surface area contributed by atoms with E-state index in [4.69, 9.17) is 58.0 Å². The van der Waals surface area contributed by atoms with Gasteiger partial charge in [-0.15, -0.1) is 12.4 Å². The highest BCUT2D eigenvalue weighted by atomic mass is 35.5. The average molecular weight is 1550 g/mol. The lowest BCUT2D eigenvalue weighted by Gasteiger charge is -2.47. The molecule has 5 N–H and O–H groups in total. The Labute approximate surface area is 630 Å². The molecule has 0 bridgehead atoms. The number of hydrogen-bond donors (Lipinski definition) is 5. The Balaban J connectivity index is 0.000000148. The van der Waals surface area contributed by atoms with Crippen LogP contribution in [0.5, 0.6) is 0 Å². The number of nitrogens with zero attached hydrogens (tertiary/aromatic N) is 15. The summed E-state index contributed by atoms with van der Waals surface area (Å²) in [5.74, 6) is -1.12. The third-order valence-electron chi connectivity index (χ3n) is 22.6. The topological polar surface area (TPSA) is 205 Å². The summed E-state index contributed by atoms with van der Waals surface area (Å²) in [6, 6.07) is 4.10. The molecule has 566 valence electrons. The predicted octanol–water partition coefficient (Wildman–Crippen LogP) is 16.5. The van der Waals surface area contributed by atoms with E-state index in [2.05, 4.69) is 170 Å². The summed E-state index contributed by atoms with van der Waals surface area (Å²) in [4.78, 5) is 51.0. The van der Waals surface area contributed by atoms with E-state index in [1.807, 2.05) is 0 Å². The Morgan fingerprint density at radius 3 is 0.627 bits per heavy atom. The van der Waals surface area contributed by atoms with E-state index in [0.717, 1.165) is 95.2 Å². The molecule has 2 unspecified atom stereocenters. The van der Waals surface area contributed by atoms with Crippen LogP contribution in [0, 0.1) is 29.1 Å². The minimum Gasteiger partial charge on any atom is -0.365 e. The van der Waals surface area contributed by atoms with Gasteiger partial charge >= 0.3 is 0 Å². The second kappa shape index (κ2) is 34.2. The molecule has 10 atom stereocenters. The molecule has 0 radical (unpaired) electrons. The van der Waals surface area contributed by atoms with Gasteiger partial charge in [-0.2, -0.15) is 24.9 Å². The highest BCUT2D eigenvalue weighted by Gasteiger charge is 2.48. The molecule has 102 heavy (non-hydrogen) atoms. The van der Waals surface area contributed by atoms with Gasteiger partial charge in [-0.05, 0) is 288 Å². The Morgan fingerprint density at radius 2 is 0.471 bits per heavy atom. The second-order valence-electron chi connectivity index (χ2n) is 32.1. The van der Waals surface area contributed by atoms with E-state index in [1.165, 1.54) is 96.9 Å². The third-order valence-corrected chi connectivity index (χ3v) is 23.5. The highest BCUT2D eigenvalue weighted by Crippen LogP contribution is 2.44. The third kappa shape index (κ3) is 20.2. The molecule has 5 aromatic heterocycles. The average Bonchev–Trinajstić information content (AvgIpc) is 1.54. The fourth-order valence-corrected chi connectivity index (χ4v) is 19.5. The van der Waals surface area contributed by atoms with Crippen LogP contribution in [0.25, 0.3) is 0 Å². The summed E-state index contributed by atoms with van der Waals surface area (Å²) in [5.41, 5.74) is 0.716. The van der Waals surface area contributed by atoms with Crippen LogP contribution in [0.1, 0.15) is 205 Å². The maximum absolute atomic E-state index is 13.7. The Bertz CT molecular complexity index is 3080. The maximum Gasteiger partial charge on any atom is 0.224 e. The van der Waals surface area contributed by atoms with Crippen LogP contribution >= 0.6 is 70.4 Å². The van der Waals surface area contributed by atoms with Crippen molar-refractivity contribution in [3.8, 4) is 0 Å². The minimum absolute atomic E-state index is 0. The fraction of sp³-hybridized carbons (Fsp3) is 0.718. The summed E-state index contributed by atoms with van der Waals surface area (Å²) in [6.07, 6.45) is 28.1. The van der Waals surface area contributed by atoms with Gasteiger partial charge in [-0.25, -0.2) is 46.9 Å². The molecule has 15 rings (SSSR count). The van der Waals surface area contributed by atoms with Crippen molar-refractivity contribution >= 4 is 99.5 Å². The number of piperidine rings is 5. The molecule has 0 spiro atoms. The van der Waals surface area contributed by atoms with Crippen molar-refractivity contribution in [2.75, 3.05) is 59.3 Å². The van der Waals surface area contributed by atoms with Gasteiger partial charge in [-0.1, -0.05) is 7.43 Å². The summed E-state index contributed by atoms with van der Waals surface area (Å²) >= 11 is 28.7. The lowest BCUT2D eigenvalue weighted by Crippen LogP contribution is -2.55. The molecule has 0 aromatic carbocycles. The highest BCUT2D eigenvalue weighted by molar-refractivity contribution is 6.29. The molecule has 10 aliphatic heterocycles. The first-order valence-corrected chi connectivity index (χ1v) is 37.7. The second-order valence-corrected chi connectivity index (χ2v) is 33.8. The first kappa shape index (κ1) is 81.7. The molecule has 10 saturated heterocycles. The SMILES string of the molecule is C.CC1(C)CC(Nc2nc(Cl)ncc2F)CC2CCCN21.CC1(C)C[C@@H](Nc2nc(Cl)ncc2F)C[C@@H]2CCCN21.CC1(C)C[C@@H](Nc2nc(Cl)ncc2F)C[C@H]2CCCN21.CC1(C)C[C@H](Nc2nc(Cl)ncc2F)C[C@@H]2CCCN21.CC1(C)C[C@H](Nc2nc(Cl)ncc2F)C[C@H]2CCCN21.Cl. The van der Waals surface area contributed by atoms with Crippen LogP contribution < -0.4 is 26.6 Å². The zero-order chi connectivity index (χ0) is 71.6. The molecule has 5 aromatic rings. The number of fused-ring (bicyclic) bond motifs is 5. The van der Waals surface area contributed by atoms with Gasteiger partial charge in [-0.3, -0.25) is 24.5 Å². The van der Waals surface area contributed by atoms with Crippen molar-refractivity contribution in [2.24, 2.45) is 0 Å². The fourth-order valence-electron chi connectivity index (χ4n) is 18.8. The van der Waals surface area contributed by atoms with E-state index in [9.17, 15) is 22.0 Å². The zero-order valence-corrected chi connectivity index (χ0v) is 64.3. The van der Waals surface area contributed by atoms with Gasteiger partial charge in [0, 0.05) is 88.1 Å². The molecule has 20 nitrogen and oxygen atoms in total. The van der Waals surface area contributed by atoms with E-state index in [1.54, 1.807) is 0 Å². The van der Waals surface area contributed by atoms with Crippen molar-refractivity contribution in [1.29, 1.82) is 0 Å². The lowest BCUT2D eigenvalue weighted by molar-refractivity contribution is 0.0498. The van der Waals surface area contributed by atoms with Crippen molar-refractivity contribution in [2.45, 2.75) is 293 Å². The minimum atomic E-state index is -0.443. The molecule has 0 saturated carbocycles. The Kier molecular flexibility index (Phi) is 27.4. The number of aromatic nitrogens is 10. The van der Waals surface area contributed by atoms with Gasteiger partial charge in [0.15, 0.2) is 58.2 Å². The predicted molar refractivity (Wildman–Crippen MR) is 401 cm³/mol. The number of anilines is 5. The summed E-state index contributed by atoms with van der Waals surface area (Å²) < 4.78 is 68.6. The van der Waals surface area contributed by atoms with Gasteiger partial charge in [0.05, 0.1) is 31.0 Å². The monoisotopic (exact) mass is 1540 g/mol. The molecule has 0 amide bonds. The lowest BCUT2D eigenvalue weighted by atomic mass is 9.84. The van der Waals surface area contributed by atoms with Crippen LogP contribution in [0.15, 0.2) is 31.0 Å². The summed E-state index contributed by atoms with van der Waals surface area (Å²) in [7, 11) is 0. The van der Waals surface area contributed by atoms with Crippen molar-refractivity contribution in [3.63, 3.8) is 0 Å². The Hall–Kier alpha value is -4.41. The number of rotatable bonds is 10. The molecule has 10 fully saturated rings. The van der Waals surface area contributed by atoms with Gasteiger partial charge < -0.3 is 26.6 Å². The van der Waals surface area contributed by atoms with Crippen molar-refractivity contribution in [3.05, 3.63) is 86.5 Å². The largest absolute Gasteiger partial charge is 0.365 e. The van der Waals surface area contributed by atoms with Gasteiger partial charge in [0.25, 0.3) is 0 Å². The normalized spacial score (nSPS) is 28.6.